The van der Waals surface area contributed by atoms with Gasteiger partial charge in [-0.1, -0.05) is 72.8 Å². The van der Waals surface area contributed by atoms with Crippen molar-refractivity contribution >= 4 is 31.7 Å². The van der Waals surface area contributed by atoms with Gasteiger partial charge in [0.25, 0.3) is 0 Å². The fourth-order valence-electron chi connectivity index (χ4n) is 4.75. The zero-order chi connectivity index (χ0) is 34.1. The minimum Gasteiger partial charge on any atom is -0.459 e. The minimum atomic E-state index is -5.39. The zero-order valence-corrected chi connectivity index (χ0v) is 25.9. The van der Waals surface area contributed by atoms with Crippen molar-refractivity contribution in [3.05, 3.63) is 144 Å². The van der Waals surface area contributed by atoms with E-state index >= 15 is 0 Å². The predicted octanol–water partition coefficient (Wildman–Crippen LogP) is 4.35. The van der Waals surface area contributed by atoms with Gasteiger partial charge in [-0.05, 0) is 48.5 Å². The highest BCUT2D eigenvalue weighted by atomic mass is 31.2. The minimum absolute atomic E-state index is 0.0253. The molecule has 0 aromatic heterocycles. The Labute approximate surface area is 274 Å². The molecule has 0 amide bonds. The maximum atomic E-state index is 13.4. The molecule has 4 aromatic rings. The number of ether oxygens (including phenoxy) is 5. The molecule has 1 unspecified atom stereocenters. The van der Waals surface area contributed by atoms with Gasteiger partial charge in [-0.25, -0.2) is 23.7 Å². The number of carbonyl (C=O) groups excluding carboxylic acids is 4. The second kappa shape index (κ2) is 15.6. The Bertz CT molecular complexity index is 1750. The lowest BCUT2D eigenvalue weighted by molar-refractivity contribution is -0.278. The fourth-order valence-corrected chi connectivity index (χ4v) is 5.19. The van der Waals surface area contributed by atoms with Crippen LogP contribution in [0.5, 0.6) is 0 Å². The Morgan fingerprint density at radius 3 is 1.29 bits per heavy atom. The molecule has 13 nitrogen and oxygen atoms in total. The Morgan fingerprint density at radius 1 is 0.542 bits per heavy atom. The molecule has 14 heteroatoms. The molecule has 5 atom stereocenters. The highest BCUT2D eigenvalue weighted by Gasteiger charge is 2.55. The normalized spacial score (nSPS) is 20.6. The Balaban J connectivity index is 1.56. The molecule has 2 N–H and O–H groups in total. The smallest absolute Gasteiger partial charge is 0.459 e. The molecule has 1 aliphatic rings. The summed E-state index contributed by atoms with van der Waals surface area (Å²) in [5.74, 6) is -3.72. The first kappa shape index (κ1) is 34.2. The van der Waals surface area contributed by atoms with Gasteiger partial charge in [0.15, 0.2) is 18.3 Å². The predicted molar refractivity (Wildman–Crippen MR) is 165 cm³/mol. The number of hydrogen-bond donors (Lipinski definition) is 2. The molecule has 248 valence electrons. The van der Waals surface area contributed by atoms with E-state index in [1.807, 2.05) is 0 Å². The molecule has 0 aliphatic carbocycles. The van der Waals surface area contributed by atoms with Gasteiger partial charge >= 0.3 is 31.7 Å². The molecule has 1 saturated heterocycles. The molecule has 1 heterocycles. The lowest BCUT2D eigenvalue weighted by Gasteiger charge is -2.44. The third-order valence-corrected chi connectivity index (χ3v) is 7.46. The van der Waals surface area contributed by atoms with Crippen molar-refractivity contribution in [1.82, 2.24) is 0 Å². The number of phosphoric ester groups is 1. The van der Waals surface area contributed by atoms with E-state index in [-0.39, 0.29) is 22.3 Å². The van der Waals surface area contributed by atoms with E-state index in [4.69, 9.17) is 28.2 Å². The number of benzene rings is 4. The van der Waals surface area contributed by atoms with E-state index in [0.717, 1.165) is 0 Å². The van der Waals surface area contributed by atoms with E-state index < -0.39 is 69.0 Å². The molecule has 4 aromatic carbocycles. The summed E-state index contributed by atoms with van der Waals surface area (Å²) < 4.78 is 45.5. The fraction of sp³-hybridized carbons (Fsp3) is 0.176. The van der Waals surface area contributed by atoms with Crippen LogP contribution in [0.4, 0.5) is 0 Å². The first-order valence-electron chi connectivity index (χ1n) is 14.5. The lowest BCUT2D eigenvalue weighted by atomic mass is 9.97. The van der Waals surface area contributed by atoms with Crippen molar-refractivity contribution < 1.29 is 61.7 Å². The van der Waals surface area contributed by atoms with Crippen LogP contribution in [0.1, 0.15) is 41.4 Å². The first-order chi connectivity index (χ1) is 23.1. The average molecular weight is 677 g/mol. The van der Waals surface area contributed by atoms with Crippen LogP contribution >= 0.6 is 7.82 Å². The topological polar surface area (TPSA) is 181 Å². The van der Waals surface area contributed by atoms with Crippen molar-refractivity contribution in [2.45, 2.75) is 30.7 Å². The molecule has 0 bridgehead atoms. The van der Waals surface area contributed by atoms with Crippen molar-refractivity contribution in [3.63, 3.8) is 0 Å². The van der Waals surface area contributed by atoms with Crippen LogP contribution in [-0.4, -0.2) is 71.0 Å². The summed E-state index contributed by atoms with van der Waals surface area (Å²) in [6, 6.07) is 30.8. The highest BCUT2D eigenvalue weighted by Crippen LogP contribution is 2.42. The van der Waals surface area contributed by atoms with Gasteiger partial charge in [-0.3, -0.25) is 4.52 Å². The quantitative estimate of drug-likeness (QED) is 0.130. The van der Waals surface area contributed by atoms with Crippen LogP contribution in [0.3, 0.4) is 0 Å². The maximum absolute atomic E-state index is 13.4. The third-order valence-electron chi connectivity index (χ3n) is 6.98. The van der Waals surface area contributed by atoms with E-state index in [1.54, 1.807) is 72.8 Å². The molecule has 1 fully saturated rings. The number of carbonyl (C=O) groups is 4. The number of rotatable bonds is 11. The molecule has 1 aliphatic heterocycles. The summed E-state index contributed by atoms with van der Waals surface area (Å²) in [6.45, 7) is -0.680. The van der Waals surface area contributed by atoms with Gasteiger partial charge in [-0.2, -0.15) is 0 Å². The summed E-state index contributed by atoms with van der Waals surface area (Å²) in [7, 11) is -5.39. The van der Waals surface area contributed by atoms with Gasteiger partial charge < -0.3 is 33.5 Å². The Hall–Kier alpha value is -5.17. The lowest BCUT2D eigenvalue weighted by Crippen LogP contribution is -2.63. The van der Waals surface area contributed by atoms with Crippen molar-refractivity contribution in [1.29, 1.82) is 0 Å². The molecule has 0 radical (unpaired) electrons. The molecular weight excluding hydrogens is 647 g/mol. The molecular formula is C34H29O13P. The van der Waals surface area contributed by atoms with Gasteiger partial charge in [0.05, 0.1) is 22.3 Å². The summed E-state index contributed by atoms with van der Waals surface area (Å²) in [6.07, 6.45) is -9.10. The van der Waals surface area contributed by atoms with Gasteiger partial charge in [0.2, 0.25) is 6.29 Å². The summed E-state index contributed by atoms with van der Waals surface area (Å²) in [5, 5.41) is 0. The van der Waals surface area contributed by atoms with Gasteiger partial charge in [0.1, 0.15) is 12.7 Å². The number of esters is 4. The monoisotopic (exact) mass is 676 g/mol. The second-order valence-corrected chi connectivity index (χ2v) is 11.5. The molecule has 0 saturated carbocycles. The van der Waals surface area contributed by atoms with E-state index in [9.17, 15) is 33.5 Å². The van der Waals surface area contributed by atoms with Crippen LogP contribution in [0.15, 0.2) is 121 Å². The van der Waals surface area contributed by atoms with Crippen LogP contribution < -0.4 is 0 Å². The average Bonchev–Trinajstić information content (AvgIpc) is 3.10. The van der Waals surface area contributed by atoms with Crippen LogP contribution in [-0.2, 0) is 32.8 Å². The Morgan fingerprint density at radius 2 is 0.896 bits per heavy atom. The summed E-state index contributed by atoms with van der Waals surface area (Å²) in [5.41, 5.74) is 0.315. The van der Waals surface area contributed by atoms with Gasteiger partial charge in [-0.15, -0.1) is 0 Å². The Kier molecular flexibility index (Phi) is 11.1. The highest BCUT2D eigenvalue weighted by molar-refractivity contribution is 7.46. The van der Waals surface area contributed by atoms with E-state index in [1.165, 1.54) is 48.5 Å². The molecule has 0 spiro atoms. The second-order valence-electron chi connectivity index (χ2n) is 10.3. The van der Waals surface area contributed by atoms with Crippen LogP contribution in [0.2, 0.25) is 0 Å². The standard InChI is InChI=1S/C34H29O13P/c35-30(22-13-5-1-6-14-22)42-21-26-27(44-31(36)23-15-7-2-8-16-23)28(45-32(37)24-17-9-3-10-18-24)29(34(43-26)47-48(39,40)41)46-33(38)25-19-11-4-12-20-25/h1-20,26-29,34H,21H2,(H2,39,40,41)/t26-,27-,28+,29+,34?/m1/s1. The SMILES string of the molecule is O=C(OC[C@H]1OC(OP(=O)(O)O)[C@@H](OC(=O)c2ccccc2)[C@@H](OC(=O)c2ccccc2)[C@@H]1OC(=O)c1ccccc1)c1ccccc1. The van der Waals surface area contributed by atoms with Crippen molar-refractivity contribution in [2.24, 2.45) is 0 Å². The number of phosphoric acid groups is 1. The maximum Gasteiger partial charge on any atom is 0.472 e. The van der Waals surface area contributed by atoms with E-state index in [0.29, 0.717) is 0 Å². The largest absolute Gasteiger partial charge is 0.472 e. The van der Waals surface area contributed by atoms with E-state index in [2.05, 4.69) is 0 Å². The molecule has 5 rings (SSSR count). The van der Waals surface area contributed by atoms with Gasteiger partial charge in [0, 0.05) is 0 Å². The summed E-state index contributed by atoms with van der Waals surface area (Å²) >= 11 is 0. The summed E-state index contributed by atoms with van der Waals surface area (Å²) in [4.78, 5) is 72.6. The van der Waals surface area contributed by atoms with Crippen LogP contribution in [0, 0.1) is 0 Å². The van der Waals surface area contributed by atoms with Crippen molar-refractivity contribution in [2.75, 3.05) is 6.61 Å². The number of hydrogen-bond acceptors (Lipinski definition) is 11. The zero-order valence-electron chi connectivity index (χ0n) is 25.0. The molecule has 48 heavy (non-hydrogen) atoms. The third kappa shape index (κ3) is 9.00. The first-order valence-corrected chi connectivity index (χ1v) is 16.0. The van der Waals surface area contributed by atoms with Crippen molar-refractivity contribution in [3.8, 4) is 0 Å². The van der Waals surface area contributed by atoms with Crippen LogP contribution in [0.25, 0.3) is 0 Å².